The van der Waals surface area contributed by atoms with Crippen LogP contribution in [-0.4, -0.2) is 46.1 Å². The summed E-state index contributed by atoms with van der Waals surface area (Å²) in [5, 5.41) is 0. The lowest BCUT2D eigenvalue weighted by Gasteiger charge is -2.35. The van der Waals surface area contributed by atoms with Crippen LogP contribution in [0.25, 0.3) is 0 Å². The maximum atomic E-state index is 4.54. The first kappa shape index (κ1) is 13.7. The highest BCUT2D eigenvalue weighted by atomic mass is 15.3. The predicted octanol–water partition coefficient (Wildman–Crippen LogP) is 1.52. The topological polar surface area (TPSA) is 58.0 Å². The van der Waals surface area contributed by atoms with E-state index < -0.39 is 0 Å². The molecular formula is C15H20N6. The van der Waals surface area contributed by atoms with Crippen LogP contribution in [0.2, 0.25) is 0 Å². The van der Waals surface area contributed by atoms with E-state index in [2.05, 4.69) is 29.7 Å². The molecule has 21 heavy (non-hydrogen) atoms. The zero-order valence-corrected chi connectivity index (χ0v) is 12.7. The number of rotatable bonds is 2. The summed E-state index contributed by atoms with van der Waals surface area (Å²) in [5.74, 6) is 2.65. The van der Waals surface area contributed by atoms with Gasteiger partial charge in [-0.3, -0.25) is 0 Å². The Hall–Kier alpha value is -2.24. The molecule has 6 heteroatoms. The van der Waals surface area contributed by atoms with E-state index >= 15 is 0 Å². The molecule has 0 unspecified atom stereocenters. The lowest BCUT2D eigenvalue weighted by molar-refractivity contribution is 0.631. The molecule has 110 valence electrons. The quantitative estimate of drug-likeness (QED) is 0.833. The van der Waals surface area contributed by atoms with E-state index in [1.807, 2.05) is 39.1 Å². The van der Waals surface area contributed by atoms with Gasteiger partial charge in [0.2, 0.25) is 5.95 Å². The SMILES string of the molecule is Cc1cc(C)nc(N2CCN(c3ccnc(C)n3)CC2)n1. The van der Waals surface area contributed by atoms with Crippen molar-refractivity contribution in [2.45, 2.75) is 20.8 Å². The first-order valence-electron chi connectivity index (χ1n) is 7.23. The third kappa shape index (κ3) is 3.09. The molecule has 0 aromatic carbocycles. The van der Waals surface area contributed by atoms with E-state index in [4.69, 9.17) is 0 Å². The summed E-state index contributed by atoms with van der Waals surface area (Å²) in [6, 6.07) is 3.97. The van der Waals surface area contributed by atoms with Gasteiger partial charge >= 0.3 is 0 Å². The maximum Gasteiger partial charge on any atom is 0.225 e. The molecule has 0 spiro atoms. The van der Waals surface area contributed by atoms with Crippen molar-refractivity contribution in [1.29, 1.82) is 0 Å². The van der Waals surface area contributed by atoms with Gasteiger partial charge in [0.05, 0.1) is 0 Å². The summed E-state index contributed by atoms with van der Waals surface area (Å²) in [6.45, 7) is 9.61. The first-order valence-corrected chi connectivity index (χ1v) is 7.23. The lowest BCUT2D eigenvalue weighted by atomic mass is 10.3. The van der Waals surface area contributed by atoms with E-state index in [9.17, 15) is 0 Å². The fraction of sp³-hybridized carbons (Fsp3) is 0.467. The van der Waals surface area contributed by atoms with Gasteiger partial charge in [-0.1, -0.05) is 0 Å². The normalized spacial score (nSPS) is 15.4. The van der Waals surface area contributed by atoms with Crippen LogP contribution < -0.4 is 9.80 Å². The van der Waals surface area contributed by atoms with Crippen LogP contribution in [0, 0.1) is 20.8 Å². The summed E-state index contributed by atoms with van der Waals surface area (Å²) in [6.07, 6.45) is 1.82. The van der Waals surface area contributed by atoms with Crippen molar-refractivity contribution in [3.8, 4) is 0 Å². The average molecular weight is 284 g/mol. The molecule has 2 aromatic heterocycles. The fourth-order valence-electron chi connectivity index (χ4n) is 2.60. The molecule has 0 aliphatic carbocycles. The van der Waals surface area contributed by atoms with Crippen LogP contribution in [0.1, 0.15) is 17.2 Å². The second-order valence-electron chi connectivity index (χ2n) is 5.39. The van der Waals surface area contributed by atoms with Crippen molar-refractivity contribution in [2.75, 3.05) is 36.0 Å². The first-order chi connectivity index (χ1) is 10.1. The highest BCUT2D eigenvalue weighted by Crippen LogP contribution is 2.16. The molecule has 3 heterocycles. The van der Waals surface area contributed by atoms with E-state index in [0.717, 1.165) is 55.2 Å². The van der Waals surface area contributed by atoms with Gasteiger partial charge < -0.3 is 9.80 Å². The molecule has 0 N–H and O–H groups in total. The van der Waals surface area contributed by atoms with Crippen molar-refractivity contribution in [3.05, 3.63) is 35.5 Å². The Kier molecular flexibility index (Phi) is 3.68. The van der Waals surface area contributed by atoms with E-state index in [0.29, 0.717) is 0 Å². The van der Waals surface area contributed by atoms with Crippen molar-refractivity contribution in [1.82, 2.24) is 19.9 Å². The minimum atomic E-state index is 0.813. The van der Waals surface area contributed by atoms with Crippen molar-refractivity contribution >= 4 is 11.8 Å². The number of anilines is 2. The lowest BCUT2D eigenvalue weighted by Crippen LogP contribution is -2.47. The number of piperazine rings is 1. The molecule has 2 aromatic rings. The fourth-order valence-corrected chi connectivity index (χ4v) is 2.60. The van der Waals surface area contributed by atoms with Crippen molar-refractivity contribution in [2.24, 2.45) is 0 Å². The van der Waals surface area contributed by atoms with Crippen molar-refractivity contribution < 1.29 is 0 Å². The molecule has 0 amide bonds. The van der Waals surface area contributed by atoms with Gasteiger partial charge in [-0.15, -0.1) is 0 Å². The molecule has 0 bridgehead atoms. The second kappa shape index (κ2) is 5.63. The van der Waals surface area contributed by atoms with Gasteiger partial charge in [0.15, 0.2) is 0 Å². The average Bonchev–Trinajstić information content (AvgIpc) is 2.46. The Morgan fingerprint density at radius 2 is 1.48 bits per heavy atom. The predicted molar refractivity (Wildman–Crippen MR) is 82.7 cm³/mol. The van der Waals surface area contributed by atoms with Crippen molar-refractivity contribution in [3.63, 3.8) is 0 Å². The van der Waals surface area contributed by atoms with E-state index in [1.54, 1.807) is 0 Å². The molecule has 0 atom stereocenters. The van der Waals surface area contributed by atoms with Gasteiger partial charge in [0, 0.05) is 43.8 Å². The molecule has 0 radical (unpaired) electrons. The summed E-state index contributed by atoms with van der Waals surface area (Å²) in [5.41, 5.74) is 2.04. The van der Waals surface area contributed by atoms with Crippen LogP contribution in [-0.2, 0) is 0 Å². The highest BCUT2D eigenvalue weighted by Gasteiger charge is 2.20. The summed E-state index contributed by atoms with van der Waals surface area (Å²) >= 11 is 0. The van der Waals surface area contributed by atoms with Crippen LogP contribution in [0.15, 0.2) is 18.3 Å². The molecule has 0 saturated carbocycles. The molecule has 1 aliphatic heterocycles. The van der Waals surface area contributed by atoms with E-state index in [1.165, 1.54) is 0 Å². The molecule has 1 saturated heterocycles. The van der Waals surface area contributed by atoms with Gasteiger partial charge in [-0.05, 0) is 32.9 Å². The van der Waals surface area contributed by atoms with Crippen LogP contribution >= 0.6 is 0 Å². The Morgan fingerprint density at radius 3 is 2.10 bits per heavy atom. The molecule has 6 nitrogen and oxygen atoms in total. The number of hydrogen-bond donors (Lipinski definition) is 0. The standard InChI is InChI=1S/C15H20N6/c1-11-10-12(2)18-15(17-11)21-8-6-20(7-9-21)14-4-5-16-13(3)19-14/h4-5,10H,6-9H2,1-3H3. The van der Waals surface area contributed by atoms with Gasteiger partial charge in [-0.25, -0.2) is 19.9 Å². The number of aromatic nitrogens is 4. The molecular weight excluding hydrogens is 264 g/mol. The minimum absolute atomic E-state index is 0.813. The van der Waals surface area contributed by atoms with Gasteiger partial charge in [0.1, 0.15) is 11.6 Å². The Bertz CT molecular complexity index is 614. The van der Waals surface area contributed by atoms with Gasteiger partial charge in [0.25, 0.3) is 0 Å². The number of nitrogens with zero attached hydrogens (tertiary/aromatic N) is 6. The summed E-state index contributed by atoms with van der Waals surface area (Å²) in [4.78, 5) is 22.2. The highest BCUT2D eigenvalue weighted by molar-refractivity contribution is 5.42. The van der Waals surface area contributed by atoms with Crippen LogP contribution in [0.4, 0.5) is 11.8 Å². The summed E-state index contributed by atoms with van der Waals surface area (Å²) in [7, 11) is 0. The number of aryl methyl sites for hydroxylation is 3. The monoisotopic (exact) mass is 284 g/mol. The number of hydrogen-bond acceptors (Lipinski definition) is 6. The maximum absolute atomic E-state index is 4.54. The third-order valence-corrected chi connectivity index (χ3v) is 3.62. The largest absolute Gasteiger partial charge is 0.353 e. The smallest absolute Gasteiger partial charge is 0.225 e. The zero-order chi connectivity index (χ0) is 14.8. The zero-order valence-electron chi connectivity index (χ0n) is 12.7. The van der Waals surface area contributed by atoms with Crippen LogP contribution in [0.3, 0.4) is 0 Å². The Balaban J connectivity index is 1.70. The van der Waals surface area contributed by atoms with E-state index in [-0.39, 0.29) is 0 Å². The Labute approximate surface area is 124 Å². The second-order valence-corrected chi connectivity index (χ2v) is 5.39. The molecule has 1 aliphatic rings. The Morgan fingerprint density at radius 1 is 0.857 bits per heavy atom. The molecule has 1 fully saturated rings. The van der Waals surface area contributed by atoms with Gasteiger partial charge in [-0.2, -0.15) is 0 Å². The third-order valence-electron chi connectivity index (χ3n) is 3.62. The van der Waals surface area contributed by atoms with Crippen LogP contribution in [0.5, 0.6) is 0 Å². The summed E-state index contributed by atoms with van der Waals surface area (Å²) < 4.78 is 0. The molecule has 3 rings (SSSR count). The minimum Gasteiger partial charge on any atom is -0.353 e.